The van der Waals surface area contributed by atoms with Crippen LogP contribution in [0.2, 0.25) is 0 Å². The summed E-state index contributed by atoms with van der Waals surface area (Å²) in [6.07, 6.45) is -4.77. The first-order chi connectivity index (χ1) is 13.3. The molecule has 0 spiro atoms. The molecule has 1 heterocycles. The fourth-order valence-corrected chi connectivity index (χ4v) is 3.31. The van der Waals surface area contributed by atoms with Crippen LogP contribution in [-0.2, 0) is 11.3 Å². The SMILES string of the molecule is CN1CCN(c2ccc(OC(F)(F)F)c(N)c2)[C@H](COCc2ccccc2)C1. The van der Waals surface area contributed by atoms with E-state index in [-0.39, 0.29) is 17.5 Å². The number of hydrogen-bond donors (Lipinski definition) is 1. The van der Waals surface area contributed by atoms with Crippen LogP contribution in [0.4, 0.5) is 24.5 Å². The van der Waals surface area contributed by atoms with E-state index in [0.29, 0.717) is 13.2 Å². The molecule has 1 aliphatic heterocycles. The Kier molecular flexibility index (Phi) is 6.31. The van der Waals surface area contributed by atoms with Crippen LogP contribution in [0.3, 0.4) is 0 Å². The summed E-state index contributed by atoms with van der Waals surface area (Å²) >= 11 is 0. The van der Waals surface area contributed by atoms with Gasteiger partial charge >= 0.3 is 6.36 Å². The molecule has 0 radical (unpaired) electrons. The Bertz CT molecular complexity index is 771. The molecule has 0 unspecified atom stereocenters. The van der Waals surface area contributed by atoms with Crippen LogP contribution in [0.25, 0.3) is 0 Å². The number of nitrogens with zero attached hydrogens (tertiary/aromatic N) is 2. The topological polar surface area (TPSA) is 51.0 Å². The zero-order valence-electron chi connectivity index (χ0n) is 15.7. The molecule has 152 valence electrons. The zero-order valence-corrected chi connectivity index (χ0v) is 15.7. The number of nitrogens with two attached hydrogens (primary N) is 1. The number of halogens is 3. The molecule has 8 heteroatoms. The number of hydrogen-bond acceptors (Lipinski definition) is 5. The first-order valence-electron chi connectivity index (χ1n) is 9.04. The van der Waals surface area contributed by atoms with Crippen molar-refractivity contribution in [2.45, 2.75) is 19.0 Å². The molecule has 2 aromatic carbocycles. The van der Waals surface area contributed by atoms with Crippen LogP contribution in [0, 0.1) is 0 Å². The minimum Gasteiger partial charge on any atom is -0.404 e. The molecule has 1 fully saturated rings. The summed E-state index contributed by atoms with van der Waals surface area (Å²) in [7, 11) is 2.04. The maximum atomic E-state index is 12.5. The second-order valence-electron chi connectivity index (χ2n) is 6.88. The van der Waals surface area contributed by atoms with E-state index in [1.807, 2.05) is 37.4 Å². The first kappa shape index (κ1) is 20.3. The fourth-order valence-electron chi connectivity index (χ4n) is 3.31. The fraction of sp³-hybridized carbons (Fsp3) is 0.400. The van der Waals surface area contributed by atoms with Gasteiger partial charge in [-0.05, 0) is 30.8 Å². The highest BCUT2D eigenvalue weighted by molar-refractivity contribution is 5.64. The van der Waals surface area contributed by atoms with Crippen molar-refractivity contribution in [1.29, 1.82) is 0 Å². The van der Waals surface area contributed by atoms with Crippen molar-refractivity contribution in [3.05, 3.63) is 54.1 Å². The average molecular weight is 395 g/mol. The maximum absolute atomic E-state index is 12.5. The number of nitrogen functional groups attached to an aromatic ring is 1. The normalized spacial score (nSPS) is 18.3. The standard InChI is InChI=1S/C20H24F3N3O2/c1-25-9-10-26(16-7-8-19(18(24)11-16)28-20(21,22)23)17(12-25)14-27-13-15-5-3-2-4-6-15/h2-8,11,17H,9-10,12-14,24H2,1H3/t17-/m0/s1. The second kappa shape index (κ2) is 8.70. The van der Waals surface area contributed by atoms with E-state index >= 15 is 0 Å². The first-order valence-corrected chi connectivity index (χ1v) is 9.04. The summed E-state index contributed by atoms with van der Waals surface area (Å²) in [6, 6.07) is 14.4. The van der Waals surface area contributed by atoms with E-state index in [9.17, 15) is 13.2 Å². The Morgan fingerprint density at radius 2 is 1.86 bits per heavy atom. The molecule has 1 atom stereocenters. The molecule has 0 saturated carbocycles. The van der Waals surface area contributed by atoms with E-state index < -0.39 is 6.36 Å². The predicted molar refractivity (Wildman–Crippen MR) is 102 cm³/mol. The highest BCUT2D eigenvalue weighted by Crippen LogP contribution is 2.32. The van der Waals surface area contributed by atoms with Crippen LogP contribution in [0.5, 0.6) is 5.75 Å². The Hall–Kier alpha value is -2.45. The van der Waals surface area contributed by atoms with E-state index in [2.05, 4.69) is 14.5 Å². The molecule has 0 bridgehead atoms. The van der Waals surface area contributed by atoms with Crippen molar-refractivity contribution in [2.75, 3.05) is 43.9 Å². The van der Waals surface area contributed by atoms with Gasteiger partial charge in [0.2, 0.25) is 0 Å². The third kappa shape index (κ3) is 5.53. The van der Waals surface area contributed by atoms with Crippen molar-refractivity contribution in [3.8, 4) is 5.75 Å². The lowest BCUT2D eigenvalue weighted by Gasteiger charge is -2.41. The molecule has 28 heavy (non-hydrogen) atoms. The summed E-state index contributed by atoms with van der Waals surface area (Å²) < 4.78 is 47.2. The smallest absolute Gasteiger partial charge is 0.404 e. The Balaban J connectivity index is 1.68. The lowest BCUT2D eigenvalue weighted by molar-refractivity contribution is -0.274. The summed E-state index contributed by atoms with van der Waals surface area (Å²) in [5.41, 5.74) is 7.60. The third-order valence-corrected chi connectivity index (χ3v) is 4.66. The van der Waals surface area contributed by atoms with Crippen LogP contribution >= 0.6 is 0 Å². The van der Waals surface area contributed by atoms with Gasteiger partial charge in [-0.3, -0.25) is 0 Å². The maximum Gasteiger partial charge on any atom is 0.573 e. The van der Waals surface area contributed by atoms with Gasteiger partial charge in [0.05, 0.1) is 24.9 Å². The van der Waals surface area contributed by atoms with Gasteiger partial charge in [0.1, 0.15) is 0 Å². The molecule has 2 N–H and O–H groups in total. The summed E-state index contributed by atoms with van der Waals surface area (Å²) in [5, 5.41) is 0. The van der Waals surface area contributed by atoms with Crippen LogP contribution in [-0.4, -0.2) is 50.6 Å². The molecular formula is C20H24F3N3O2. The van der Waals surface area contributed by atoms with Crippen LogP contribution in [0.1, 0.15) is 5.56 Å². The number of likely N-dealkylation sites (N-methyl/N-ethyl adjacent to an activating group) is 1. The van der Waals surface area contributed by atoms with Gasteiger partial charge in [0, 0.05) is 25.3 Å². The number of ether oxygens (including phenoxy) is 2. The number of piperazine rings is 1. The van der Waals surface area contributed by atoms with E-state index in [1.54, 1.807) is 6.07 Å². The zero-order chi connectivity index (χ0) is 20.1. The van der Waals surface area contributed by atoms with Gasteiger partial charge < -0.3 is 25.0 Å². The predicted octanol–water partition coefficient (Wildman–Crippen LogP) is 3.50. The lowest BCUT2D eigenvalue weighted by Crippen LogP contribution is -2.54. The lowest BCUT2D eigenvalue weighted by atomic mass is 10.1. The van der Waals surface area contributed by atoms with E-state index in [4.69, 9.17) is 10.5 Å². The molecule has 0 aliphatic carbocycles. The summed E-state index contributed by atoms with van der Waals surface area (Å²) in [6.45, 7) is 3.37. The second-order valence-corrected chi connectivity index (χ2v) is 6.88. The van der Waals surface area contributed by atoms with Gasteiger partial charge in [-0.1, -0.05) is 30.3 Å². The number of alkyl halides is 3. The molecule has 3 rings (SSSR count). The largest absolute Gasteiger partial charge is 0.573 e. The van der Waals surface area contributed by atoms with Crippen molar-refractivity contribution in [2.24, 2.45) is 0 Å². The molecule has 5 nitrogen and oxygen atoms in total. The molecule has 1 aliphatic rings. The van der Waals surface area contributed by atoms with Crippen molar-refractivity contribution in [1.82, 2.24) is 4.90 Å². The molecular weight excluding hydrogens is 371 g/mol. The molecule has 0 amide bonds. The Morgan fingerprint density at radius 1 is 1.11 bits per heavy atom. The van der Waals surface area contributed by atoms with Crippen LogP contribution in [0.15, 0.2) is 48.5 Å². The number of anilines is 2. The van der Waals surface area contributed by atoms with E-state index in [0.717, 1.165) is 30.9 Å². The Labute approximate surface area is 162 Å². The van der Waals surface area contributed by atoms with Gasteiger partial charge in [0.15, 0.2) is 5.75 Å². The summed E-state index contributed by atoms with van der Waals surface area (Å²) in [5.74, 6) is -0.387. The Morgan fingerprint density at radius 3 is 2.54 bits per heavy atom. The van der Waals surface area contributed by atoms with Gasteiger partial charge in [-0.2, -0.15) is 0 Å². The number of rotatable bonds is 6. The van der Waals surface area contributed by atoms with E-state index in [1.165, 1.54) is 12.1 Å². The van der Waals surface area contributed by atoms with Crippen molar-refractivity contribution < 1.29 is 22.6 Å². The van der Waals surface area contributed by atoms with Gasteiger partial charge in [0.25, 0.3) is 0 Å². The highest BCUT2D eigenvalue weighted by Gasteiger charge is 2.32. The molecule has 0 aromatic heterocycles. The molecule has 1 saturated heterocycles. The quantitative estimate of drug-likeness (QED) is 0.759. The average Bonchev–Trinajstić information content (AvgIpc) is 2.64. The van der Waals surface area contributed by atoms with Crippen LogP contribution < -0.4 is 15.4 Å². The monoisotopic (exact) mass is 395 g/mol. The van der Waals surface area contributed by atoms with Gasteiger partial charge in [-0.25, -0.2) is 0 Å². The minimum absolute atomic E-state index is 0.0438. The summed E-state index contributed by atoms with van der Waals surface area (Å²) in [4.78, 5) is 4.33. The van der Waals surface area contributed by atoms with Gasteiger partial charge in [-0.15, -0.1) is 13.2 Å². The van der Waals surface area contributed by atoms with Crippen molar-refractivity contribution in [3.63, 3.8) is 0 Å². The highest BCUT2D eigenvalue weighted by atomic mass is 19.4. The van der Waals surface area contributed by atoms with Crippen molar-refractivity contribution >= 4 is 11.4 Å². The minimum atomic E-state index is -4.77. The number of benzene rings is 2. The molecule has 2 aromatic rings. The third-order valence-electron chi connectivity index (χ3n) is 4.66.